The molecule has 0 bridgehead atoms. The second-order valence-corrected chi connectivity index (χ2v) is 3.20. The summed E-state index contributed by atoms with van der Waals surface area (Å²) in [5.41, 5.74) is 6.37. The molecule has 1 rings (SSSR count). The fourth-order valence-electron chi connectivity index (χ4n) is 1.41. The fourth-order valence-corrected chi connectivity index (χ4v) is 1.41. The van der Waals surface area contributed by atoms with Crippen LogP contribution in [0.25, 0.3) is 0 Å². The van der Waals surface area contributed by atoms with Crippen LogP contribution < -0.4 is 10.6 Å². The number of hydrogen-bond donors (Lipinski definition) is 1. The molecule has 3 nitrogen and oxygen atoms in total. The summed E-state index contributed by atoms with van der Waals surface area (Å²) in [7, 11) is 0. The summed E-state index contributed by atoms with van der Waals surface area (Å²) in [6.07, 6.45) is 0.387. The van der Waals surface area contributed by atoms with Crippen LogP contribution in [0, 0.1) is 17.1 Å². The maximum atomic E-state index is 13.5. The number of nitriles is 1. The molecule has 0 heterocycles. The Morgan fingerprint density at radius 1 is 1.53 bits per heavy atom. The Kier molecular flexibility index (Phi) is 3.92. The van der Waals surface area contributed by atoms with Crippen LogP contribution in [-0.4, -0.2) is 13.1 Å². The molecule has 0 aliphatic heterocycles. The van der Waals surface area contributed by atoms with Gasteiger partial charge in [-0.3, -0.25) is 0 Å². The zero-order valence-corrected chi connectivity index (χ0v) is 8.70. The molecule has 80 valence electrons. The monoisotopic (exact) mass is 207 g/mol. The number of benzene rings is 1. The molecule has 2 N–H and O–H groups in total. The minimum Gasteiger partial charge on any atom is -0.399 e. The van der Waals surface area contributed by atoms with Crippen molar-refractivity contribution in [2.24, 2.45) is 0 Å². The van der Waals surface area contributed by atoms with Crippen LogP contribution in [0.4, 0.5) is 15.8 Å². The van der Waals surface area contributed by atoms with Crippen LogP contribution in [0.15, 0.2) is 18.2 Å². The Balaban J connectivity index is 2.87. The number of hydrogen-bond acceptors (Lipinski definition) is 3. The number of nitrogen functional groups attached to an aromatic ring is 1. The lowest BCUT2D eigenvalue weighted by Gasteiger charge is -2.22. The highest BCUT2D eigenvalue weighted by Gasteiger charge is 2.09. The lowest BCUT2D eigenvalue weighted by Crippen LogP contribution is -2.24. The molecule has 0 saturated heterocycles. The van der Waals surface area contributed by atoms with Gasteiger partial charge in [0.15, 0.2) is 0 Å². The summed E-state index contributed by atoms with van der Waals surface area (Å²) in [5.74, 6) is -0.338. The predicted octanol–water partition coefficient (Wildman–Crippen LogP) is 2.15. The standard InChI is InChI=1S/C11H14FN3/c1-2-15(7-3-6-13)11-5-4-9(14)8-10(11)12/h4-5,8H,2-3,7,14H2,1H3. The SMILES string of the molecule is CCN(CCC#N)c1ccc(N)cc1F. The topological polar surface area (TPSA) is 53.0 Å². The molecular weight excluding hydrogens is 193 g/mol. The second kappa shape index (κ2) is 5.20. The summed E-state index contributed by atoms with van der Waals surface area (Å²) >= 11 is 0. The molecule has 1 aromatic rings. The van der Waals surface area contributed by atoms with Crippen molar-refractivity contribution in [1.82, 2.24) is 0 Å². The Hall–Kier alpha value is -1.76. The van der Waals surface area contributed by atoms with E-state index >= 15 is 0 Å². The third-order valence-electron chi connectivity index (χ3n) is 2.19. The molecule has 0 atom stereocenters. The molecule has 0 saturated carbocycles. The maximum absolute atomic E-state index is 13.5. The highest BCUT2D eigenvalue weighted by atomic mass is 19.1. The number of nitrogens with two attached hydrogens (primary N) is 1. The quantitative estimate of drug-likeness (QED) is 0.769. The lowest BCUT2D eigenvalue weighted by atomic mass is 10.2. The maximum Gasteiger partial charge on any atom is 0.148 e. The molecule has 0 unspecified atom stereocenters. The molecule has 0 fully saturated rings. The fraction of sp³-hybridized carbons (Fsp3) is 0.364. The Bertz CT molecular complexity index is 371. The first kappa shape index (κ1) is 11.3. The van der Waals surface area contributed by atoms with Gasteiger partial charge in [-0.15, -0.1) is 0 Å². The van der Waals surface area contributed by atoms with Gasteiger partial charge in [0.1, 0.15) is 5.82 Å². The average Bonchev–Trinajstić information content (AvgIpc) is 2.21. The molecule has 4 heteroatoms. The Morgan fingerprint density at radius 3 is 2.80 bits per heavy atom. The van der Waals surface area contributed by atoms with Crippen LogP contribution in [0.2, 0.25) is 0 Å². The third-order valence-corrected chi connectivity index (χ3v) is 2.19. The predicted molar refractivity (Wildman–Crippen MR) is 58.9 cm³/mol. The van der Waals surface area contributed by atoms with Crippen LogP contribution >= 0.6 is 0 Å². The van der Waals surface area contributed by atoms with E-state index in [0.717, 1.165) is 0 Å². The highest BCUT2D eigenvalue weighted by molar-refractivity contribution is 5.54. The smallest absolute Gasteiger partial charge is 0.148 e. The molecule has 0 amide bonds. The summed E-state index contributed by atoms with van der Waals surface area (Å²) in [6, 6.07) is 6.64. The van der Waals surface area contributed by atoms with Crippen molar-refractivity contribution in [1.29, 1.82) is 5.26 Å². The van der Waals surface area contributed by atoms with Crippen molar-refractivity contribution in [3.63, 3.8) is 0 Å². The number of anilines is 2. The molecule has 0 aromatic heterocycles. The molecule has 0 aliphatic rings. The van der Waals surface area contributed by atoms with Crippen molar-refractivity contribution in [3.05, 3.63) is 24.0 Å². The van der Waals surface area contributed by atoms with E-state index < -0.39 is 0 Å². The van der Waals surface area contributed by atoms with E-state index in [9.17, 15) is 4.39 Å². The normalized spacial score (nSPS) is 9.67. The average molecular weight is 207 g/mol. The summed E-state index contributed by atoms with van der Waals surface area (Å²) in [5, 5.41) is 8.48. The first-order valence-corrected chi connectivity index (χ1v) is 4.86. The first-order chi connectivity index (χ1) is 7.19. The van der Waals surface area contributed by atoms with E-state index in [2.05, 4.69) is 0 Å². The van der Waals surface area contributed by atoms with Crippen LogP contribution in [0.3, 0.4) is 0 Å². The summed E-state index contributed by atoms with van der Waals surface area (Å²) < 4.78 is 13.5. The summed E-state index contributed by atoms with van der Waals surface area (Å²) in [4.78, 5) is 1.82. The zero-order chi connectivity index (χ0) is 11.3. The largest absolute Gasteiger partial charge is 0.399 e. The molecule has 0 aliphatic carbocycles. The van der Waals surface area contributed by atoms with Crippen molar-refractivity contribution in [2.75, 3.05) is 23.7 Å². The molecule has 15 heavy (non-hydrogen) atoms. The van der Waals surface area contributed by atoms with Gasteiger partial charge in [-0.25, -0.2) is 4.39 Å². The summed E-state index contributed by atoms with van der Waals surface area (Å²) in [6.45, 7) is 3.13. The Morgan fingerprint density at radius 2 is 2.27 bits per heavy atom. The van der Waals surface area contributed by atoms with Gasteiger partial charge in [-0.05, 0) is 25.1 Å². The second-order valence-electron chi connectivity index (χ2n) is 3.20. The van der Waals surface area contributed by atoms with E-state index in [-0.39, 0.29) is 5.82 Å². The van der Waals surface area contributed by atoms with Crippen LogP contribution in [-0.2, 0) is 0 Å². The zero-order valence-electron chi connectivity index (χ0n) is 8.70. The van der Waals surface area contributed by atoms with Crippen molar-refractivity contribution in [2.45, 2.75) is 13.3 Å². The van der Waals surface area contributed by atoms with Gasteiger partial charge in [-0.1, -0.05) is 0 Å². The number of halogens is 1. The van der Waals surface area contributed by atoms with Gasteiger partial charge in [0.2, 0.25) is 0 Å². The molecule has 0 spiro atoms. The number of nitrogens with zero attached hydrogens (tertiary/aromatic N) is 2. The van der Waals surface area contributed by atoms with Crippen molar-refractivity contribution in [3.8, 4) is 6.07 Å². The van der Waals surface area contributed by atoms with E-state index in [1.165, 1.54) is 6.07 Å². The Labute approximate surface area is 88.9 Å². The molecule has 1 aromatic carbocycles. The van der Waals surface area contributed by atoms with Gasteiger partial charge in [0, 0.05) is 18.8 Å². The van der Waals surface area contributed by atoms with Crippen molar-refractivity contribution < 1.29 is 4.39 Å². The van der Waals surface area contributed by atoms with Gasteiger partial charge < -0.3 is 10.6 Å². The molecule has 0 radical (unpaired) electrons. The van der Waals surface area contributed by atoms with E-state index in [1.54, 1.807) is 12.1 Å². The van der Waals surface area contributed by atoms with Crippen molar-refractivity contribution >= 4 is 11.4 Å². The highest BCUT2D eigenvalue weighted by Crippen LogP contribution is 2.21. The van der Waals surface area contributed by atoms with Crippen LogP contribution in [0.5, 0.6) is 0 Å². The number of rotatable bonds is 4. The van der Waals surface area contributed by atoms with Crippen LogP contribution in [0.1, 0.15) is 13.3 Å². The lowest BCUT2D eigenvalue weighted by molar-refractivity contribution is 0.619. The van der Waals surface area contributed by atoms with Gasteiger partial charge in [-0.2, -0.15) is 5.26 Å². The van der Waals surface area contributed by atoms with E-state index in [0.29, 0.717) is 30.9 Å². The van der Waals surface area contributed by atoms with Gasteiger partial charge >= 0.3 is 0 Å². The van der Waals surface area contributed by atoms with E-state index in [1.807, 2.05) is 17.9 Å². The minimum absolute atomic E-state index is 0.338. The van der Waals surface area contributed by atoms with Gasteiger partial charge in [0.05, 0.1) is 18.2 Å². The van der Waals surface area contributed by atoms with E-state index in [4.69, 9.17) is 11.0 Å². The minimum atomic E-state index is -0.338. The third kappa shape index (κ3) is 2.84. The van der Waals surface area contributed by atoms with Gasteiger partial charge in [0.25, 0.3) is 0 Å². The first-order valence-electron chi connectivity index (χ1n) is 4.86. The molecular formula is C11H14FN3.